The topological polar surface area (TPSA) is 83.5 Å². The Morgan fingerprint density at radius 2 is 1.74 bits per heavy atom. The van der Waals surface area contributed by atoms with Gasteiger partial charge in [0.05, 0.1) is 10.5 Å². The van der Waals surface area contributed by atoms with E-state index in [1.165, 1.54) is 12.1 Å². The molecular formula is C17H17O5S-. The van der Waals surface area contributed by atoms with Crippen LogP contribution in [0.1, 0.15) is 41.3 Å². The first-order valence-electron chi connectivity index (χ1n) is 7.08. The van der Waals surface area contributed by atoms with Gasteiger partial charge < -0.3 is 9.29 Å². The summed E-state index contributed by atoms with van der Waals surface area (Å²) in [5, 5.41) is 0. The van der Waals surface area contributed by atoms with Gasteiger partial charge in [0.1, 0.15) is 15.9 Å². The molecular weight excluding hydrogens is 316 g/mol. The molecule has 6 heteroatoms. The van der Waals surface area contributed by atoms with Crippen molar-refractivity contribution in [2.75, 3.05) is 0 Å². The van der Waals surface area contributed by atoms with Gasteiger partial charge in [-0.15, -0.1) is 0 Å². The molecule has 0 aliphatic heterocycles. The van der Waals surface area contributed by atoms with Crippen molar-refractivity contribution in [1.29, 1.82) is 0 Å². The summed E-state index contributed by atoms with van der Waals surface area (Å²) >= 11 is 0. The molecule has 0 unspecified atom stereocenters. The number of rotatable bonds is 4. The Hall–Kier alpha value is -2.18. The molecule has 0 aromatic heterocycles. The summed E-state index contributed by atoms with van der Waals surface area (Å²) in [4.78, 5) is 11.9. The van der Waals surface area contributed by atoms with Gasteiger partial charge in [0.25, 0.3) is 0 Å². The number of esters is 1. The fourth-order valence-corrected chi connectivity index (χ4v) is 3.09. The zero-order valence-corrected chi connectivity index (χ0v) is 13.9. The van der Waals surface area contributed by atoms with Crippen molar-refractivity contribution >= 4 is 16.1 Å². The maximum atomic E-state index is 12.1. The van der Waals surface area contributed by atoms with Gasteiger partial charge in [0, 0.05) is 0 Å². The first-order chi connectivity index (χ1) is 10.7. The van der Waals surface area contributed by atoms with E-state index in [9.17, 15) is 17.8 Å². The predicted octanol–water partition coefficient (Wildman–Crippen LogP) is 3.24. The zero-order valence-electron chi connectivity index (χ0n) is 13.1. The SMILES string of the molecule is Cc1cc(S(=O)(=O)[O-])c(C(C)C)cc1OC(=O)c1ccccc1. The second kappa shape index (κ2) is 6.52. The maximum absolute atomic E-state index is 12.1. The number of hydrogen-bond acceptors (Lipinski definition) is 5. The molecule has 2 rings (SSSR count). The van der Waals surface area contributed by atoms with Crippen molar-refractivity contribution in [2.24, 2.45) is 0 Å². The molecule has 0 bridgehead atoms. The van der Waals surface area contributed by atoms with Crippen LogP contribution in [-0.2, 0) is 10.1 Å². The Morgan fingerprint density at radius 1 is 1.13 bits per heavy atom. The Morgan fingerprint density at radius 3 is 2.26 bits per heavy atom. The number of carbonyl (C=O) groups is 1. The highest BCUT2D eigenvalue weighted by Gasteiger charge is 2.18. The van der Waals surface area contributed by atoms with Gasteiger partial charge in [-0.2, -0.15) is 0 Å². The van der Waals surface area contributed by atoms with E-state index in [0.29, 0.717) is 16.7 Å². The van der Waals surface area contributed by atoms with Gasteiger partial charge in [0.15, 0.2) is 0 Å². The third kappa shape index (κ3) is 3.97. The van der Waals surface area contributed by atoms with Gasteiger partial charge >= 0.3 is 5.97 Å². The maximum Gasteiger partial charge on any atom is 0.343 e. The second-order valence-electron chi connectivity index (χ2n) is 5.52. The third-order valence-electron chi connectivity index (χ3n) is 3.41. The molecule has 0 aliphatic rings. The summed E-state index contributed by atoms with van der Waals surface area (Å²) < 4.78 is 39.6. The monoisotopic (exact) mass is 333 g/mol. The van der Waals surface area contributed by atoms with Crippen LogP contribution in [-0.4, -0.2) is 18.9 Å². The van der Waals surface area contributed by atoms with Crippen molar-refractivity contribution in [3.8, 4) is 5.75 Å². The molecule has 2 aromatic carbocycles. The van der Waals surface area contributed by atoms with Crippen molar-refractivity contribution in [3.05, 3.63) is 59.2 Å². The van der Waals surface area contributed by atoms with E-state index in [1.807, 2.05) is 0 Å². The highest BCUT2D eigenvalue weighted by Crippen LogP contribution is 2.31. The number of aryl methyl sites for hydroxylation is 1. The van der Waals surface area contributed by atoms with E-state index in [4.69, 9.17) is 4.74 Å². The molecule has 0 spiro atoms. The lowest BCUT2D eigenvalue weighted by Gasteiger charge is -2.18. The van der Waals surface area contributed by atoms with Crippen molar-refractivity contribution in [3.63, 3.8) is 0 Å². The van der Waals surface area contributed by atoms with Crippen LogP contribution in [0.3, 0.4) is 0 Å². The van der Waals surface area contributed by atoms with Gasteiger partial charge in [-0.05, 0) is 48.2 Å². The molecule has 23 heavy (non-hydrogen) atoms. The largest absolute Gasteiger partial charge is 0.744 e. The standard InChI is InChI=1S/C17H18O5S/c1-11(2)14-10-15(12(3)9-16(14)23(19,20)21)22-17(18)13-7-5-4-6-8-13/h4-11H,1-3H3,(H,19,20,21)/p-1. The van der Waals surface area contributed by atoms with Gasteiger partial charge in [-0.25, -0.2) is 13.2 Å². The summed E-state index contributed by atoms with van der Waals surface area (Å²) in [6.07, 6.45) is 0. The fraction of sp³-hybridized carbons (Fsp3) is 0.235. The first-order valence-corrected chi connectivity index (χ1v) is 8.48. The summed E-state index contributed by atoms with van der Waals surface area (Å²) in [5.74, 6) is -0.500. The lowest BCUT2D eigenvalue weighted by atomic mass is 10.0. The highest BCUT2D eigenvalue weighted by molar-refractivity contribution is 7.85. The Balaban J connectivity index is 2.45. The summed E-state index contributed by atoms with van der Waals surface area (Å²) in [6.45, 7) is 5.12. The Kier molecular flexibility index (Phi) is 4.87. The fourth-order valence-electron chi connectivity index (χ4n) is 2.19. The van der Waals surface area contributed by atoms with Crippen molar-refractivity contribution in [1.82, 2.24) is 0 Å². The minimum atomic E-state index is -4.59. The van der Waals surface area contributed by atoms with E-state index >= 15 is 0 Å². The number of benzene rings is 2. The first kappa shape index (κ1) is 17.2. The lowest BCUT2D eigenvalue weighted by Crippen LogP contribution is -2.11. The van der Waals surface area contributed by atoms with Crippen LogP contribution in [0, 0.1) is 6.92 Å². The average molecular weight is 333 g/mol. The van der Waals surface area contributed by atoms with E-state index in [0.717, 1.165) is 0 Å². The second-order valence-corrected chi connectivity index (χ2v) is 6.87. The van der Waals surface area contributed by atoms with E-state index in [-0.39, 0.29) is 16.6 Å². The van der Waals surface area contributed by atoms with Crippen LogP contribution < -0.4 is 4.74 Å². The summed E-state index contributed by atoms with van der Waals surface area (Å²) in [6, 6.07) is 11.2. The van der Waals surface area contributed by atoms with Crippen LogP contribution in [0.4, 0.5) is 0 Å². The lowest BCUT2D eigenvalue weighted by molar-refractivity contribution is 0.0733. The van der Waals surface area contributed by atoms with Crippen LogP contribution in [0.15, 0.2) is 47.4 Å². The predicted molar refractivity (Wildman–Crippen MR) is 84.6 cm³/mol. The molecule has 0 heterocycles. The number of ether oxygens (including phenoxy) is 1. The van der Waals surface area contributed by atoms with Crippen molar-refractivity contribution < 1.29 is 22.5 Å². The molecule has 0 aliphatic carbocycles. The molecule has 5 nitrogen and oxygen atoms in total. The van der Waals surface area contributed by atoms with Crippen molar-refractivity contribution in [2.45, 2.75) is 31.6 Å². The average Bonchev–Trinajstić information content (AvgIpc) is 2.48. The summed E-state index contributed by atoms with van der Waals surface area (Å²) in [5.41, 5.74) is 1.13. The molecule has 0 radical (unpaired) electrons. The molecule has 0 amide bonds. The molecule has 0 N–H and O–H groups in total. The molecule has 0 saturated heterocycles. The Bertz CT molecular complexity index is 824. The van der Waals surface area contributed by atoms with Crippen LogP contribution in [0.25, 0.3) is 0 Å². The quantitative estimate of drug-likeness (QED) is 0.487. The van der Waals surface area contributed by atoms with E-state index < -0.39 is 16.1 Å². The molecule has 0 fully saturated rings. The molecule has 0 atom stereocenters. The van der Waals surface area contributed by atoms with E-state index in [1.54, 1.807) is 51.1 Å². The minimum Gasteiger partial charge on any atom is -0.744 e. The van der Waals surface area contributed by atoms with Crippen LogP contribution >= 0.6 is 0 Å². The van der Waals surface area contributed by atoms with Crippen LogP contribution in [0.5, 0.6) is 5.75 Å². The highest BCUT2D eigenvalue weighted by atomic mass is 32.2. The normalized spacial score (nSPS) is 11.5. The molecule has 2 aromatic rings. The third-order valence-corrected chi connectivity index (χ3v) is 4.30. The molecule has 122 valence electrons. The minimum absolute atomic E-state index is 0.205. The smallest absolute Gasteiger partial charge is 0.343 e. The number of carbonyl (C=O) groups excluding carboxylic acids is 1. The zero-order chi connectivity index (χ0) is 17.2. The summed E-state index contributed by atoms with van der Waals surface area (Å²) in [7, 11) is -4.59. The number of hydrogen-bond donors (Lipinski definition) is 0. The van der Waals surface area contributed by atoms with Gasteiger partial charge in [0.2, 0.25) is 0 Å². The van der Waals surface area contributed by atoms with Crippen LogP contribution in [0.2, 0.25) is 0 Å². The molecule has 0 saturated carbocycles. The van der Waals surface area contributed by atoms with Gasteiger partial charge in [-0.1, -0.05) is 32.0 Å². The van der Waals surface area contributed by atoms with Gasteiger partial charge in [-0.3, -0.25) is 0 Å². The Labute approximate surface area is 135 Å². The van der Waals surface area contributed by atoms with E-state index in [2.05, 4.69) is 0 Å².